The maximum Gasteiger partial charge on any atom is 0.311 e. The number of nitrogens with zero attached hydrogens (tertiary/aromatic N) is 1. The minimum Gasteiger partial charge on any atom is -0.484 e. The Morgan fingerprint density at radius 3 is 2.37 bits per heavy atom. The van der Waals surface area contributed by atoms with E-state index in [1.54, 1.807) is 6.07 Å². The van der Waals surface area contributed by atoms with Crippen LogP contribution in [0, 0.1) is 17.0 Å². The first-order valence-corrected chi connectivity index (χ1v) is 9.02. The number of aryl methyl sites for hydroxylation is 1. The van der Waals surface area contributed by atoms with Crippen molar-refractivity contribution < 1.29 is 19.2 Å². The van der Waals surface area contributed by atoms with Crippen LogP contribution < -0.4 is 10.1 Å². The normalized spacial score (nSPS) is 14.0. The topological polar surface area (TPSA) is 90.7 Å². The van der Waals surface area contributed by atoms with Gasteiger partial charge in [0.2, 0.25) is 0 Å². The van der Waals surface area contributed by atoms with Crippen LogP contribution >= 0.6 is 0 Å². The number of nitrogens with one attached hydrogen (secondary N) is 1. The highest BCUT2D eigenvalue weighted by Gasteiger charge is 2.20. The van der Waals surface area contributed by atoms with Gasteiger partial charge in [-0.05, 0) is 77.3 Å². The first-order valence-electron chi connectivity index (χ1n) is 9.02. The Labute approximate surface area is 160 Å². The van der Waals surface area contributed by atoms with E-state index in [-0.39, 0.29) is 22.3 Å². The first kappa shape index (κ1) is 22.6. The van der Waals surface area contributed by atoms with Gasteiger partial charge >= 0.3 is 5.69 Å². The quantitative estimate of drug-likeness (QED) is 0.473. The summed E-state index contributed by atoms with van der Waals surface area (Å²) in [7, 11) is 0. The Morgan fingerprint density at radius 2 is 1.96 bits per heavy atom. The fourth-order valence-electron chi connectivity index (χ4n) is 2.52. The molecule has 1 heterocycles. The third-order valence-electron chi connectivity index (χ3n) is 3.68. The Kier molecular flexibility index (Phi) is 8.43. The predicted octanol–water partition coefficient (Wildman–Crippen LogP) is 4.03. The lowest BCUT2D eigenvalue weighted by molar-refractivity contribution is -0.386. The molecule has 1 aromatic carbocycles. The number of nitro benzene ring substituents is 1. The van der Waals surface area contributed by atoms with Crippen molar-refractivity contribution in [3.8, 4) is 5.75 Å². The molecule has 0 saturated heterocycles. The van der Waals surface area contributed by atoms with Crippen LogP contribution in [0.3, 0.4) is 0 Å². The molecule has 0 aliphatic carbocycles. The summed E-state index contributed by atoms with van der Waals surface area (Å²) >= 11 is 0. The highest BCUT2D eigenvalue weighted by molar-refractivity contribution is 5.72. The van der Waals surface area contributed by atoms with E-state index in [0.717, 1.165) is 30.6 Å². The summed E-state index contributed by atoms with van der Waals surface area (Å²) in [6.07, 6.45) is 2.97. The molecule has 0 fully saturated rings. The molecular formula is C20H30N2O5. The summed E-state index contributed by atoms with van der Waals surface area (Å²) in [6, 6.07) is 3.42. The fourth-order valence-corrected chi connectivity index (χ4v) is 2.52. The number of benzene rings is 1. The SMILES string of the molecule is CC(C)(C)OC=O.Cc1cc([N+](=O)[O-])c(OC(C)C)cc1C1=CCNCC1. The summed E-state index contributed by atoms with van der Waals surface area (Å²) in [4.78, 5) is 20.4. The third kappa shape index (κ3) is 7.78. The van der Waals surface area contributed by atoms with Gasteiger partial charge in [0.15, 0.2) is 5.75 Å². The number of rotatable bonds is 5. The Hall–Kier alpha value is -2.41. The molecule has 7 heteroatoms. The summed E-state index contributed by atoms with van der Waals surface area (Å²) in [5.74, 6) is 0.352. The highest BCUT2D eigenvalue weighted by Crippen LogP contribution is 2.35. The average Bonchev–Trinajstić information content (AvgIpc) is 2.55. The predicted molar refractivity (Wildman–Crippen MR) is 106 cm³/mol. The molecule has 0 spiro atoms. The van der Waals surface area contributed by atoms with Crippen molar-refractivity contribution in [2.75, 3.05) is 13.1 Å². The second-order valence-corrected chi connectivity index (χ2v) is 7.57. The van der Waals surface area contributed by atoms with Crippen LogP contribution in [-0.4, -0.2) is 36.2 Å². The molecule has 1 N–H and O–H groups in total. The van der Waals surface area contributed by atoms with E-state index < -0.39 is 0 Å². The molecule has 0 saturated carbocycles. The Bertz CT molecular complexity index is 690. The van der Waals surface area contributed by atoms with E-state index in [1.165, 1.54) is 5.57 Å². The molecule has 2 rings (SSSR count). The summed E-state index contributed by atoms with van der Waals surface area (Å²) in [6.45, 7) is 13.3. The van der Waals surface area contributed by atoms with Gasteiger partial charge in [0.25, 0.3) is 6.47 Å². The zero-order valence-corrected chi connectivity index (χ0v) is 17.0. The smallest absolute Gasteiger partial charge is 0.311 e. The molecule has 27 heavy (non-hydrogen) atoms. The molecule has 1 aromatic rings. The van der Waals surface area contributed by atoms with E-state index in [0.29, 0.717) is 12.2 Å². The van der Waals surface area contributed by atoms with Gasteiger partial charge in [-0.3, -0.25) is 14.9 Å². The van der Waals surface area contributed by atoms with Crippen LogP contribution in [-0.2, 0) is 9.53 Å². The minimum atomic E-state index is -0.384. The molecule has 0 atom stereocenters. The largest absolute Gasteiger partial charge is 0.484 e. The van der Waals surface area contributed by atoms with Crippen molar-refractivity contribution in [2.45, 2.75) is 59.7 Å². The maximum absolute atomic E-state index is 11.1. The molecule has 1 aliphatic heterocycles. The lowest BCUT2D eigenvalue weighted by atomic mass is 9.95. The van der Waals surface area contributed by atoms with E-state index in [2.05, 4.69) is 16.1 Å². The van der Waals surface area contributed by atoms with Gasteiger partial charge in [-0.25, -0.2) is 0 Å². The second kappa shape index (κ2) is 10.1. The van der Waals surface area contributed by atoms with Crippen LogP contribution in [0.1, 0.15) is 52.2 Å². The number of ether oxygens (including phenoxy) is 2. The van der Waals surface area contributed by atoms with Crippen LogP contribution in [0.25, 0.3) is 5.57 Å². The minimum absolute atomic E-state index is 0.0366. The molecule has 7 nitrogen and oxygen atoms in total. The molecule has 0 amide bonds. The van der Waals surface area contributed by atoms with Crippen molar-refractivity contribution in [2.24, 2.45) is 0 Å². The Balaban J connectivity index is 0.000000445. The van der Waals surface area contributed by atoms with Crippen LogP contribution in [0.15, 0.2) is 18.2 Å². The van der Waals surface area contributed by atoms with E-state index in [9.17, 15) is 14.9 Å². The van der Waals surface area contributed by atoms with E-state index in [1.807, 2.05) is 47.6 Å². The molecule has 150 valence electrons. The van der Waals surface area contributed by atoms with Crippen molar-refractivity contribution in [1.29, 1.82) is 0 Å². The molecule has 0 radical (unpaired) electrons. The van der Waals surface area contributed by atoms with Gasteiger partial charge in [-0.15, -0.1) is 0 Å². The van der Waals surface area contributed by atoms with Gasteiger partial charge in [0, 0.05) is 12.6 Å². The zero-order valence-electron chi connectivity index (χ0n) is 17.0. The Morgan fingerprint density at radius 1 is 1.30 bits per heavy atom. The molecule has 1 aliphatic rings. The zero-order chi connectivity index (χ0) is 20.6. The van der Waals surface area contributed by atoms with Crippen molar-refractivity contribution in [3.63, 3.8) is 0 Å². The fraction of sp³-hybridized carbons (Fsp3) is 0.550. The average molecular weight is 378 g/mol. The van der Waals surface area contributed by atoms with Gasteiger partial charge in [-0.2, -0.15) is 0 Å². The second-order valence-electron chi connectivity index (χ2n) is 7.57. The monoisotopic (exact) mass is 378 g/mol. The summed E-state index contributed by atoms with van der Waals surface area (Å²) in [5, 5.41) is 14.4. The molecule has 0 bridgehead atoms. The van der Waals surface area contributed by atoms with Gasteiger partial charge in [0.1, 0.15) is 5.60 Å². The van der Waals surface area contributed by atoms with Gasteiger partial charge in [-0.1, -0.05) is 6.08 Å². The van der Waals surface area contributed by atoms with Crippen LogP contribution in [0.5, 0.6) is 5.75 Å². The van der Waals surface area contributed by atoms with Crippen molar-refractivity contribution >= 4 is 17.7 Å². The summed E-state index contributed by atoms with van der Waals surface area (Å²) < 4.78 is 10.2. The number of hydrogen-bond acceptors (Lipinski definition) is 6. The molecular weight excluding hydrogens is 348 g/mol. The number of hydrogen-bond donors (Lipinski definition) is 1. The van der Waals surface area contributed by atoms with E-state index in [4.69, 9.17) is 4.74 Å². The van der Waals surface area contributed by atoms with E-state index >= 15 is 0 Å². The lowest BCUT2D eigenvalue weighted by Gasteiger charge is -2.18. The highest BCUT2D eigenvalue weighted by atomic mass is 16.6. The van der Waals surface area contributed by atoms with Crippen LogP contribution in [0.4, 0.5) is 5.69 Å². The number of nitro groups is 1. The van der Waals surface area contributed by atoms with Crippen LogP contribution in [0.2, 0.25) is 0 Å². The number of carbonyl (C=O) groups is 1. The van der Waals surface area contributed by atoms with Gasteiger partial charge in [0.05, 0.1) is 11.0 Å². The lowest BCUT2D eigenvalue weighted by Crippen LogP contribution is -2.20. The molecule has 0 aromatic heterocycles. The number of carbonyl (C=O) groups excluding carboxylic acids is 1. The summed E-state index contributed by atoms with van der Waals surface area (Å²) in [5.41, 5.74) is 2.91. The van der Waals surface area contributed by atoms with Crippen molar-refractivity contribution in [1.82, 2.24) is 5.32 Å². The standard InChI is InChI=1S/C15H20N2O3.C5H10O2/c1-10(2)20-15-9-13(12-4-6-16-7-5-12)11(3)8-14(15)17(18)19;1-5(2,3)7-4-6/h4,8-10,16H,5-7H2,1-3H3;4H,1-3H3. The van der Waals surface area contributed by atoms with Crippen molar-refractivity contribution in [3.05, 3.63) is 39.4 Å². The molecule has 0 unspecified atom stereocenters. The third-order valence-corrected chi connectivity index (χ3v) is 3.68. The first-order chi connectivity index (χ1) is 12.5. The maximum atomic E-state index is 11.1. The van der Waals surface area contributed by atoms with Gasteiger partial charge < -0.3 is 14.8 Å².